The van der Waals surface area contributed by atoms with Crippen LogP contribution in [-0.4, -0.2) is 24.9 Å². The van der Waals surface area contributed by atoms with E-state index in [9.17, 15) is 0 Å². The van der Waals surface area contributed by atoms with Crippen LogP contribution in [0.3, 0.4) is 0 Å². The number of furan rings is 1. The van der Waals surface area contributed by atoms with Crippen LogP contribution in [0.15, 0.2) is 180 Å². The Morgan fingerprint density at radius 3 is 1.73 bits per heavy atom. The first-order valence-corrected chi connectivity index (χ1v) is 19.2. The number of thiophene rings is 1. The highest BCUT2D eigenvalue weighted by molar-refractivity contribution is 7.26. The number of para-hydroxylation sites is 1. The molecular weight excluding hydrogens is 707 g/mol. The number of benzene rings is 7. The van der Waals surface area contributed by atoms with Gasteiger partial charge in [-0.2, -0.15) is 0 Å². The molecule has 0 fully saturated rings. The molecule has 0 radical (unpaired) electrons. The summed E-state index contributed by atoms with van der Waals surface area (Å²) < 4.78 is 8.79. The summed E-state index contributed by atoms with van der Waals surface area (Å²) in [6.07, 6.45) is 0. The highest BCUT2D eigenvalue weighted by Gasteiger charge is 2.21. The SMILES string of the molecule is c1ccc(-c2cccc(-c3nc(-c4ccc5c(c4)sc4cccc(-c6nc(-c7ccccc7)nc(-c7ccccc7)n6)c45)c4oc5ccccc5c4n3)c2)cc1. The predicted octanol–water partition coefficient (Wildman–Crippen LogP) is 12.9. The van der Waals surface area contributed by atoms with Gasteiger partial charge in [0.15, 0.2) is 28.9 Å². The van der Waals surface area contributed by atoms with Crippen molar-refractivity contribution in [3.05, 3.63) is 176 Å². The molecule has 4 aromatic heterocycles. The molecule has 11 rings (SSSR count). The fraction of sp³-hybridized carbons (Fsp3) is 0. The van der Waals surface area contributed by atoms with E-state index in [0.29, 0.717) is 28.9 Å². The van der Waals surface area contributed by atoms with Crippen LogP contribution in [0.2, 0.25) is 0 Å². The molecule has 0 aliphatic carbocycles. The molecule has 0 amide bonds. The Hall–Kier alpha value is -7.35. The number of hydrogen-bond donors (Lipinski definition) is 0. The molecule has 0 saturated heterocycles. The van der Waals surface area contributed by atoms with E-state index in [0.717, 1.165) is 81.3 Å². The predicted molar refractivity (Wildman–Crippen MR) is 228 cm³/mol. The van der Waals surface area contributed by atoms with Crippen LogP contribution >= 0.6 is 11.3 Å². The normalized spacial score (nSPS) is 11.6. The molecule has 0 bridgehead atoms. The molecule has 0 N–H and O–H groups in total. The lowest BCUT2D eigenvalue weighted by atomic mass is 10.0. The maximum absolute atomic E-state index is 6.52. The van der Waals surface area contributed by atoms with Gasteiger partial charge < -0.3 is 4.42 Å². The van der Waals surface area contributed by atoms with Gasteiger partial charge in [0.25, 0.3) is 0 Å². The van der Waals surface area contributed by atoms with Crippen LogP contribution in [0.1, 0.15) is 0 Å². The minimum absolute atomic E-state index is 0.634. The van der Waals surface area contributed by atoms with Crippen molar-refractivity contribution >= 4 is 53.6 Å². The van der Waals surface area contributed by atoms with Crippen LogP contribution in [-0.2, 0) is 0 Å². The van der Waals surface area contributed by atoms with Crippen molar-refractivity contribution in [3.8, 4) is 67.9 Å². The van der Waals surface area contributed by atoms with Crippen molar-refractivity contribution in [2.24, 2.45) is 0 Å². The largest absolute Gasteiger partial charge is 0.452 e. The Morgan fingerprint density at radius 2 is 0.982 bits per heavy atom. The molecule has 7 aromatic carbocycles. The molecule has 0 atom stereocenters. The molecule has 11 aromatic rings. The van der Waals surface area contributed by atoms with Gasteiger partial charge in [0.2, 0.25) is 0 Å². The van der Waals surface area contributed by atoms with Crippen molar-refractivity contribution < 1.29 is 4.42 Å². The molecule has 0 saturated carbocycles. The van der Waals surface area contributed by atoms with Gasteiger partial charge in [-0.15, -0.1) is 11.3 Å². The molecular formula is C49H29N5OS. The lowest BCUT2D eigenvalue weighted by Crippen LogP contribution is -2.00. The van der Waals surface area contributed by atoms with Crippen molar-refractivity contribution in [2.75, 3.05) is 0 Å². The molecule has 0 unspecified atom stereocenters. The summed E-state index contributed by atoms with van der Waals surface area (Å²) >= 11 is 1.75. The third-order valence-electron chi connectivity index (χ3n) is 10.2. The second-order valence-electron chi connectivity index (χ2n) is 13.6. The average molecular weight is 736 g/mol. The summed E-state index contributed by atoms with van der Waals surface area (Å²) in [4.78, 5) is 25.5. The Bertz CT molecular complexity index is 3190. The first-order valence-electron chi connectivity index (χ1n) is 18.4. The summed E-state index contributed by atoms with van der Waals surface area (Å²) in [5, 5.41) is 3.19. The van der Waals surface area contributed by atoms with Crippen LogP contribution in [0.5, 0.6) is 0 Å². The van der Waals surface area contributed by atoms with Gasteiger partial charge in [-0.05, 0) is 41.5 Å². The van der Waals surface area contributed by atoms with E-state index in [1.54, 1.807) is 11.3 Å². The standard InChI is InChI=1S/C49H29N5OS/c1-4-14-30(15-5-1)33-20-12-21-35(28-33)48-50-43(45-44(51-48)36-22-10-11-24-39(36)55-45)34-26-27-37-41(29-34)56-40-25-13-23-38(42(37)40)49-53-46(31-16-6-2-7-17-31)52-47(54-49)32-18-8-3-9-19-32/h1-29H. The average Bonchev–Trinajstić information content (AvgIpc) is 3.85. The Morgan fingerprint density at radius 1 is 0.375 bits per heavy atom. The zero-order valence-corrected chi connectivity index (χ0v) is 30.6. The summed E-state index contributed by atoms with van der Waals surface area (Å²) in [5.74, 6) is 2.55. The minimum atomic E-state index is 0.634. The number of aromatic nitrogens is 5. The maximum Gasteiger partial charge on any atom is 0.180 e. The van der Waals surface area contributed by atoms with Crippen molar-refractivity contribution in [3.63, 3.8) is 0 Å². The van der Waals surface area contributed by atoms with E-state index >= 15 is 0 Å². The molecule has 56 heavy (non-hydrogen) atoms. The topological polar surface area (TPSA) is 77.6 Å². The zero-order chi connectivity index (χ0) is 37.0. The summed E-state index contributed by atoms with van der Waals surface area (Å²) in [6.45, 7) is 0. The van der Waals surface area contributed by atoms with Gasteiger partial charge in [0.05, 0.1) is 0 Å². The molecule has 7 heteroatoms. The van der Waals surface area contributed by atoms with Crippen molar-refractivity contribution in [1.82, 2.24) is 24.9 Å². The molecule has 262 valence electrons. The van der Waals surface area contributed by atoms with Gasteiger partial charge in [-0.1, -0.05) is 146 Å². The van der Waals surface area contributed by atoms with E-state index in [2.05, 4.69) is 91.0 Å². The number of hydrogen-bond acceptors (Lipinski definition) is 7. The van der Waals surface area contributed by atoms with E-state index in [1.807, 2.05) is 84.9 Å². The first-order chi connectivity index (χ1) is 27.7. The zero-order valence-electron chi connectivity index (χ0n) is 29.8. The third kappa shape index (κ3) is 5.52. The van der Waals surface area contributed by atoms with Crippen molar-refractivity contribution in [1.29, 1.82) is 0 Å². The second kappa shape index (κ2) is 13.2. The second-order valence-corrected chi connectivity index (χ2v) is 14.7. The number of fused-ring (bicyclic) bond motifs is 6. The summed E-state index contributed by atoms with van der Waals surface area (Å²) in [7, 11) is 0. The Balaban J connectivity index is 1.09. The molecule has 0 aliphatic heterocycles. The van der Waals surface area contributed by atoms with Crippen LogP contribution in [0.4, 0.5) is 0 Å². The third-order valence-corrected chi connectivity index (χ3v) is 11.3. The van der Waals surface area contributed by atoms with Gasteiger partial charge in [-0.25, -0.2) is 24.9 Å². The highest BCUT2D eigenvalue weighted by atomic mass is 32.1. The van der Waals surface area contributed by atoms with E-state index in [4.69, 9.17) is 29.3 Å². The minimum Gasteiger partial charge on any atom is -0.452 e. The fourth-order valence-electron chi connectivity index (χ4n) is 7.47. The van der Waals surface area contributed by atoms with E-state index < -0.39 is 0 Å². The lowest BCUT2D eigenvalue weighted by molar-refractivity contribution is 0.667. The molecule has 4 heterocycles. The van der Waals surface area contributed by atoms with Gasteiger partial charge >= 0.3 is 0 Å². The van der Waals surface area contributed by atoms with Crippen molar-refractivity contribution in [2.45, 2.75) is 0 Å². The van der Waals surface area contributed by atoms with E-state index in [-0.39, 0.29) is 0 Å². The van der Waals surface area contributed by atoms with Gasteiger partial charge in [-0.3, -0.25) is 0 Å². The number of nitrogens with zero attached hydrogens (tertiary/aromatic N) is 5. The molecule has 0 spiro atoms. The highest BCUT2D eigenvalue weighted by Crippen LogP contribution is 2.43. The fourth-order valence-corrected chi connectivity index (χ4v) is 8.64. The first kappa shape index (κ1) is 32.1. The van der Waals surface area contributed by atoms with E-state index in [1.165, 1.54) is 0 Å². The smallest absolute Gasteiger partial charge is 0.180 e. The lowest BCUT2D eigenvalue weighted by Gasteiger charge is -2.10. The Labute approximate surface area is 325 Å². The molecule has 6 nitrogen and oxygen atoms in total. The van der Waals surface area contributed by atoms with Gasteiger partial charge in [0.1, 0.15) is 16.8 Å². The number of rotatable bonds is 6. The van der Waals surface area contributed by atoms with Crippen LogP contribution < -0.4 is 0 Å². The molecule has 0 aliphatic rings. The maximum atomic E-state index is 6.52. The Kier molecular flexibility index (Phi) is 7.57. The quantitative estimate of drug-likeness (QED) is 0.169. The van der Waals surface area contributed by atoms with Gasteiger partial charge in [0, 0.05) is 53.4 Å². The monoisotopic (exact) mass is 735 g/mol. The van der Waals surface area contributed by atoms with Crippen LogP contribution in [0.25, 0.3) is 110 Å². The van der Waals surface area contributed by atoms with Crippen LogP contribution in [0, 0.1) is 0 Å². The summed E-state index contributed by atoms with van der Waals surface area (Å²) in [5.41, 5.74) is 9.98. The summed E-state index contributed by atoms with van der Waals surface area (Å²) in [6, 6.07) is 60.0.